The van der Waals surface area contributed by atoms with E-state index in [1.165, 1.54) is 0 Å². The van der Waals surface area contributed by atoms with E-state index in [2.05, 4.69) is 15.5 Å². The van der Waals surface area contributed by atoms with Crippen molar-refractivity contribution in [2.24, 2.45) is 5.16 Å². The Kier molecular flexibility index (Phi) is 5.39. The first-order valence-corrected chi connectivity index (χ1v) is 7.89. The molecule has 1 amide bonds. The molecule has 0 bridgehead atoms. The molecule has 0 fully saturated rings. The molecular weight excluding hydrogens is 338 g/mol. The zero-order chi connectivity index (χ0) is 17.5. The van der Waals surface area contributed by atoms with E-state index in [0.717, 1.165) is 5.56 Å². The number of hydrogen-bond acceptors (Lipinski definition) is 4. The van der Waals surface area contributed by atoms with E-state index in [9.17, 15) is 4.79 Å². The van der Waals surface area contributed by atoms with E-state index in [1.807, 2.05) is 36.4 Å². The third-order valence-corrected chi connectivity index (χ3v) is 3.61. The van der Waals surface area contributed by atoms with Crippen molar-refractivity contribution in [1.82, 2.24) is 4.98 Å². The number of carbonyl (C=O) groups is 1. The summed E-state index contributed by atoms with van der Waals surface area (Å²) in [6.07, 6.45) is 0.912. The SMILES string of the molecule is O=C(Nc1ccccc1Cl)O/N=C(\c1ccccc1)c1ccccn1. The lowest BCUT2D eigenvalue weighted by molar-refractivity contribution is 0.166. The first-order valence-electron chi connectivity index (χ1n) is 7.51. The minimum atomic E-state index is -0.738. The van der Waals surface area contributed by atoms with Crippen LogP contribution >= 0.6 is 11.6 Å². The molecule has 124 valence electrons. The van der Waals surface area contributed by atoms with Gasteiger partial charge in [0.25, 0.3) is 0 Å². The van der Waals surface area contributed by atoms with Crippen molar-refractivity contribution in [3.05, 3.63) is 95.3 Å². The average Bonchev–Trinajstić information content (AvgIpc) is 2.66. The number of pyridine rings is 1. The second-order valence-corrected chi connectivity index (χ2v) is 5.41. The van der Waals surface area contributed by atoms with Gasteiger partial charge in [-0.25, -0.2) is 4.79 Å². The van der Waals surface area contributed by atoms with Crippen LogP contribution in [-0.2, 0) is 4.84 Å². The van der Waals surface area contributed by atoms with Gasteiger partial charge in [0, 0.05) is 11.8 Å². The van der Waals surface area contributed by atoms with Crippen molar-refractivity contribution in [1.29, 1.82) is 0 Å². The number of hydrogen-bond donors (Lipinski definition) is 1. The van der Waals surface area contributed by atoms with Crippen molar-refractivity contribution in [3.8, 4) is 0 Å². The Morgan fingerprint density at radius 3 is 2.40 bits per heavy atom. The van der Waals surface area contributed by atoms with Crippen LogP contribution in [0.4, 0.5) is 10.5 Å². The number of benzene rings is 2. The van der Waals surface area contributed by atoms with Crippen molar-refractivity contribution >= 4 is 29.1 Å². The molecule has 6 heteroatoms. The Labute approximate surface area is 149 Å². The molecule has 1 N–H and O–H groups in total. The summed E-state index contributed by atoms with van der Waals surface area (Å²) in [4.78, 5) is 21.3. The summed E-state index contributed by atoms with van der Waals surface area (Å²) in [5, 5.41) is 6.95. The van der Waals surface area contributed by atoms with Crippen LogP contribution in [0.15, 0.2) is 84.1 Å². The lowest BCUT2D eigenvalue weighted by atomic mass is 10.1. The highest BCUT2D eigenvalue weighted by Gasteiger charge is 2.11. The Bertz CT molecular complexity index is 842. The summed E-state index contributed by atoms with van der Waals surface area (Å²) in [7, 11) is 0. The van der Waals surface area contributed by atoms with Crippen molar-refractivity contribution in [2.75, 3.05) is 5.32 Å². The van der Waals surface area contributed by atoms with E-state index in [1.54, 1.807) is 42.6 Å². The number of oxime groups is 1. The zero-order valence-electron chi connectivity index (χ0n) is 13.1. The van der Waals surface area contributed by atoms with Crippen LogP contribution in [0.25, 0.3) is 0 Å². The van der Waals surface area contributed by atoms with Gasteiger partial charge in [-0.3, -0.25) is 15.1 Å². The molecule has 25 heavy (non-hydrogen) atoms. The van der Waals surface area contributed by atoms with E-state index in [0.29, 0.717) is 22.1 Å². The Morgan fingerprint density at radius 2 is 1.68 bits per heavy atom. The van der Waals surface area contributed by atoms with E-state index >= 15 is 0 Å². The molecular formula is C19H14ClN3O2. The molecule has 0 aliphatic heterocycles. The number of rotatable bonds is 4. The van der Waals surface area contributed by atoms with Gasteiger partial charge in [-0.05, 0) is 24.3 Å². The molecule has 2 aromatic carbocycles. The normalized spacial score (nSPS) is 11.0. The molecule has 0 aliphatic carbocycles. The number of nitrogens with one attached hydrogen (secondary N) is 1. The smallest absolute Gasteiger partial charge is 0.297 e. The molecule has 5 nitrogen and oxygen atoms in total. The molecule has 0 spiro atoms. The fourth-order valence-corrected chi connectivity index (χ4v) is 2.31. The number of amides is 1. The van der Waals surface area contributed by atoms with E-state index < -0.39 is 6.09 Å². The van der Waals surface area contributed by atoms with Gasteiger partial charge in [-0.1, -0.05) is 65.3 Å². The van der Waals surface area contributed by atoms with Gasteiger partial charge in [0.05, 0.1) is 16.4 Å². The van der Waals surface area contributed by atoms with Gasteiger partial charge < -0.3 is 0 Å². The predicted octanol–water partition coefficient (Wildman–Crippen LogP) is 4.74. The second-order valence-electron chi connectivity index (χ2n) is 5.00. The van der Waals surface area contributed by atoms with Crippen LogP contribution in [-0.4, -0.2) is 16.8 Å². The third-order valence-electron chi connectivity index (χ3n) is 3.29. The highest BCUT2D eigenvalue weighted by molar-refractivity contribution is 6.33. The van der Waals surface area contributed by atoms with Crippen LogP contribution in [0.1, 0.15) is 11.3 Å². The number of nitrogens with zero attached hydrogens (tertiary/aromatic N) is 2. The standard InChI is InChI=1S/C19H14ClN3O2/c20-15-10-4-5-11-16(15)22-19(24)25-23-18(14-8-2-1-3-9-14)17-12-6-7-13-21-17/h1-13H,(H,22,24)/b23-18+. The van der Waals surface area contributed by atoms with E-state index in [-0.39, 0.29) is 0 Å². The van der Waals surface area contributed by atoms with Gasteiger partial charge in [-0.15, -0.1) is 0 Å². The van der Waals surface area contributed by atoms with Gasteiger partial charge in [0.15, 0.2) is 0 Å². The maximum atomic E-state index is 12.0. The van der Waals surface area contributed by atoms with Gasteiger partial charge in [0.1, 0.15) is 5.71 Å². The lowest BCUT2D eigenvalue weighted by Crippen LogP contribution is -2.14. The average molecular weight is 352 g/mol. The fraction of sp³-hybridized carbons (Fsp3) is 0. The largest absolute Gasteiger partial charge is 0.437 e. The van der Waals surface area contributed by atoms with Crippen LogP contribution in [0.2, 0.25) is 5.02 Å². The summed E-state index contributed by atoms with van der Waals surface area (Å²) in [5.74, 6) is 0. The minimum Gasteiger partial charge on any atom is -0.297 e. The zero-order valence-corrected chi connectivity index (χ0v) is 13.9. The lowest BCUT2D eigenvalue weighted by Gasteiger charge is -2.07. The number of carbonyl (C=O) groups excluding carboxylic acids is 1. The Balaban J connectivity index is 1.82. The first-order chi connectivity index (χ1) is 12.2. The van der Waals surface area contributed by atoms with Gasteiger partial charge in [-0.2, -0.15) is 0 Å². The van der Waals surface area contributed by atoms with Crippen LogP contribution in [0.3, 0.4) is 0 Å². The molecule has 0 radical (unpaired) electrons. The van der Waals surface area contributed by atoms with Gasteiger partial charge >= 0.3 is 6.09 Å². The van der Waals surface area contributed by atoms with Crippen LogP contribution in [0, 0.1) is 0 Å². The Morgan fingerprint density at radius 1 is 0.960 bits per heavy atom. The highest BCUT2D eigenvalue weighted by atomic mass is 35.5. The van der Waals surface area contributed by atoms with Crippen molar-refractivity contribution in [3.63, 3.8) is 0 Å². The van der Waals surface area contributed by atoms with Crippen molar-refractivity contribution in [2.45, 2.75) is 0 Å². The van der Waals surface area contributed by atoms with Crippen molar-refractivity contribution < 1.29 is 9.63 Å². The predicted molar refractivity (Wildman–Crippen MR) is 97.9 cm³/mol. The molecule has 0 atom stereocenters. The summed E-state index contributed by atoms with van der Waals surface area (Å²) < 4.78 is 0. The molecule has 0 saturated heterocycles. The molecule has 3 rings (SSSR count). The van der Waals surface area contributed by atoms with E-state index in [4.69, 9.17) is 16.4 Å². The number of halogens is 1. The topological polar surface area (TPSA) is 63.6 Å². The summed E-state index contributed by atoms with van der Waals surface area (Å²) in [6, 6.07) is 21.7. The number of anilines is 1. The van der Waals surface area contributed by atoms with Crippen LogP contribution in [0.5, 0.6) is 0 Å². The molecule has 1 aromatic heterocycles. The molecule has 0 saturated carbocycles. The monoisotopic (exact) mass is 351 g/mol. The second kappa shape index (κ2) is 8.08. The third kappa shape index (κ3) is 4.43. The van der Waals surface area contributed by atoms with Crippen LogP contribution < -0.4 is 5.32 Å². The first kappa shape index (κ1) is 16.7. The summed E-state index contributed by atoms with van der Waals surface area (Å²) in [6.45, 7) is 0. The maximum absolute atomic E-state index is 12.0. The molecule has 0 aliphatic rings. The summed E-state index contributed by atoms with van der Waals surface area (Å²) in [5.41, 5.74) is 2.28. The fourth-order valence-electron chi connectivity index (χ4n) is 2.13. The quantitative estimate of drug-likeness (QED) is 0.419. The minimum absolute atomic E-state index is 0.413. The number of aromatic nitrogens is 1. The molecule has 1 heterocycles. The number of para-hydroxylation sites is 1. The van der Waals surface area contributed by atoms with Gasteiger partial charge in [0.2, 0.25) is 0 Å². The Hall–Kier alpha value is -3.18. The summed E-state index contributed by atoms with van der Waals surface area (Å²) >= 11 is 6.01. The molecule has 0 unspecified atom stereocenters. The highest BCUT2D eigenvalue weighted by Crippen LogP contribution is 2.20. The molecule has 3 aromatic rings. The maximum Gasteiger partial charge on any atom is 0.437 e.